The minimum atomic E-state index is 0.370. The molecule has 0 atom stereocenters. The highest BCUT2D eigenvalue weighted by molar-refractivity contribution is 6.37. The van der Waals surface area contributed by atoms with Gasteiger partial charge in [-0.15, -0.1) is 0 Å². The summed E-state index contributed by atoms with van der Waals surface area (Å²) in [7, 11) is 0. The predicted octanol–water partition coefficient (Wildman–Crippen LogP) is 2.99. The van der Waals surface area contributed by atoms with Crippen molar-refractivity contribution in [3.63, 3.8) is 0 Å². The first-order valence-corrected chi connectivity index (χ1v) is 6.34. The lowest BCUT2D eigenvalue weighted by Gasteiger charge is -2.10. The molecule has 0 aromatic carbocycles. The molecule has 0 saturated carbocycles. The third-order valence-electron chi connectivity index (χ3n) is 2.50. The van der Waals surface area contributed by atoms with E-state index in [0.29, 0.717) is 28.2 Å². The largest absolute Gasteiger partial charge is 0.365 e. The first-order chi connectivity index (χ1) is 9.10. The third kappa shape index (κ3) is 3.47. The van der Waals surface area contributed by atoms with Crippen molar-refractivity contribution >= 4 is 34.8 Å². The molecule has 0 spiro atoms. The number of halogens is 2. The van der Waals surface area contributed by atoms with Crippen molar-refractivity contribution in [3.8, 4) is 0 Å². The van der Waals surface area contributed by atoms with Crippen LogP contribution in [-0.4, -0.2) is 9.97 Å². The second-order valence-electron chi connectivity index (χ2n) is 3.95. The predicted molar refractivity (Wildman–Crippen MR) is 78.4 cm³/mol. The number of nitrogens with zero attached hydrogens (tertiary/aromatic N) is 2. The molecular formula is C12H13Cl2N5. The van der Waals surface area contributed by atoms with Crippen molar-refractivity contribution in [3.05, 3.63) is 45.7 Å². The van der Waals surface area contributed by atoms with Gasteiger partial charge < -0.3 is 10.7 Å². The summed E-state index contributed by atoms with van der Waals surface area (Å²) in [6.07, 6.45) is 1.80. The van der Waals surface area contributed by atoms with E-state index < -0.39 is 0 Å². The quantitative estimate of drug-likeness (QED) is 0.597. The van der Waals surface area contributed by atoms with Crippen LogP contribution in [0.3, 0.4) is 0 Å². The first-order valence-electron chi connectivity index (χ1n) is 5.58. The summed E-state index contributed by atoms with van der Waals surface area (Å²) in [5, 5.41) is 3.92. The van der Waals surface area contributed by atoms with E-state index in [9.17, 15) is 0 Å². The maximum absolute atomic E-state index is 6.06. The highest BCUT2D eigenvalue weighted by Crippen LogP contribution is 2.28. The van der Waals surface area contributed by atoms with Crippen LogP contribution < -0.4 is 16.6 Å². The topological polar surface area (TPSA) is 75.9 Å². The molecule has 0 unspecified atom stereocenters. The van der Waals surface area contributed by atoms with Crippen LogP contribution in [-0.2, 0) is 6.54 Å². The SMILES string of the molecule is Cc1ccc(CNc2nc(NN)c(Cl)cc2Cl)cn1. The van der Waals surface area contributed by atoms with Crippen LogP contribution in [0, 0.1) is 6.92 Å². The smallest absolute Gasteiger partial charge is 0.161 e. The second-order valence-corrected chi connectivity index (χ2v) is 4.77. The van der Waals surface area contributed by atoms with Gasteiger partial charge in [0.15, 0.2) is 5.82 Å². The van der Waals surface area contributed by atoms with E-state index in [1.165, 1.54) is 0 Å². The molecule has 0 saturated heterocycles. The lowest BCUT2D eigenvalue weighted by atomic mass is 10.2. The Morgan fingerprint density at radius 2 is 1.95 bits per heavy atom. The van der Waals surface area contributed by atoms with E-state index in [-0.39, 0.29) is 0 Å². The molecule has 0 aliphatic carbocycles. The van der Waals surface area contributed by atoms with Crippen LogP contribution in [0.25, 0.3) is 0 Å². The van der Waals surface area contributed by atoms with Gasteiger partial charge >= 0.3 is 0 Å². The average molecular weight is 298 g/mol. The number of hydrazine groups is 1. The van der Waals surface area contributed by atoms with E-state index in [2.05, 4.69) is 20.7 Å². The summed E-state index contributed by atoms with van der Waals surface area (Å²) in [6.45, 7) is 2.50. The van der Waals surface area contributed by atoms with E-state index in [0.717, 1.165) is 11.3 Å². The van der Waals surface area contributed by atoms with Crippen molar-refractivity contribution in [2.45, 2.75) is 13.5 Å². The van der Waals surface area contributed by atoms with Gasteiger partial charge in [0.25, 0.3) is 0 Å². The number of nitrogen functional groups attached to an aromatic ring is 1. The Balaban J connectivity index is 2.13. The maximum atomic E-state index is 6.06. The van der Waals surface area contributed by atoms with Gasteiger partial charge in [-0.05, 0) is 24.6 Å². The molecule has 2 aromatic rings. The molecule has 0 radical (unpaired) electrons. The van der Waals surface area contributed by atoms with Crippen molar-refractivity contribution < 1.29 is 0 Å². The number of pyridine rings is 2. The fourth-order valence-electron chi connectivity index (χ4n) is 1.48. The summed E-state index contributed by atoms with van der Waals surface area (Å²) in [5.41, 5.74) is 4.42. The maximum Gasteiger partial charge on any atom is 0.161 e. The van der Waals surface area contributed by atoms with Crippen LogP contribution in [0.2, 0.25) is 10.0 Å². The minimum Gasteiger partial charge on any atom is -0.365 e. The van der Waals surface area contributed by atoms with Crippen molar-refractivity contribution in [1.29, 1.82) is 0 Å². The van der Waals surface area contributed by atoms with Crippen LogP contribution in [0.1, 0.15) is 11.3 Å². The molecule has 100 valence electrons. The summed E-state index contributed by atoms with van der Waals surface area (Å²) >= 11 is 12.0. The molecule has 0 aliphatic rings. The van der Waals surface area contributed by atoms with Crippen LogP contribution in [0.5, 0.6) is 0 Å². The Morgan fingerprint density at radius 3 is 2.58 bits per heavy atom. The van der Waals surface area contributed by atoms with Gasteiger partial charge in [-0.2, -0.15) is 0 Å². The first kappa shape index (κ1) is 13.9. The standard InChI is InChI=1S/C12H13Cl2N5/c1-7-2-3-8(5-16-7)6-17-11-9(13)4-10(14)12(18-11)19-15/h2-5H,6,15H2,1H3,(H2,17,18,19). The van der Waals surface area contributed by atoms with Crippen LogP contribution in [0.4, 0.5) is 11.6 Å². The number of hydrogen-bond donors (Lipinski definition) is 3. The fraction of sp³-hybridized carbons (Fsp3) is 0.167. The van der Waals surface area contributed by atoms with E-state index >= 15 is 0 Å². The van der Waals surface area contributed by atoms with Gasteiger partial charge in [0, 0.05) is 18.4 Å². The Morgan fingerprint density at radius 1 is 1.21 bits per heavy atom. The highest BCUT2D eigenvalue weighted by atomic mass is 35.5. The van der Waals surface area contributed by atoms with Gasteiger partial charge in [-0.25, -0.2) is 10.8 Å². The molecule has 0 amide bonds. The molecule has 0 fully saturated rings. The Labute approximate surface area is 121 Å². The lowest BCUT2D eigenvalue weighted by Crippen LogP contribution is -2.11. The van der Waals surface area contributed by atoms with Crippen LogP contribution >= 0.6 is 23.2 Å². The molecule has 0 aliphatic heterocycles. The third-order valence-corrected chi connectivity index (χ3v) is 3.08. The van der Waals surface area contributed by atoms with E-state index in [1.807, 2.05) is 19.1 Å². The van der Waals surface area contributed by atoms with Gasteiger partial charge in [0.05, 0.1) is 10.0 Å². The summed E-state index contributed by atoms with van der Waals surface area (Å²) in [5.74, 6) is 6.20. The number of aromatic nitrogens is 2. The number of nitrogens with one attached hydrogen (secondary N) is 2. The minimum absolute atomic E-state index is 0.370. The van der Waals surface area contributed by atoms with Gasteiger partial charge in [0.1, 0.15) is 5.82 Å². The van der Waals surface area contributed by atoms with E-state index in [1.54, 1.807) is 12.3 Å². The van der Waals surface area contributed by atoms with Crippen molar-refractivity contribution in [2.24, 2.45) is 5.84 Å². The molecular weight excluding hydrogens is 285 g/mol. The Kier molecular flexibility index (Phi) is 4.42. The number of aryl methyl sites for hydroxylation is 1. The molecule has 2 aromatic heterocycles. The number of hydrogen-bond acceptors (Lipinski definition) is 5. The molecule has 2 heterocycles. The van der Waals surface area contributed by atoms with E-state index in [4.69, 9.17) is 29.0 Å². The summed E-state index contributed by atoms with van der Waals surface area (Å²) in [4.78, 5) is 8.41. The molecule has 4 N–H and O–H groups in total. The van der Waals surface area contributed by atoms with Crippen molar-refractivity contribution in [2.75, 3.05) is 10.7 Å². The molecule has 7 heteroatoms. The zero-order valence-electron chi connectivity index (χ0n) is 10.2. The second kappa shape index (κ2) is 6.06. The van der Waals surface area contributed by atoms with Gasteiger partial charge in [-0.1, -0.05) is 29.3 Å². The molecule has 0 bridgehead atoms. The zero-order chi connectivity index (χ0) is 13.8. The normalized spacial score (nSPS) is 10.3. The highest BCUT2D eigenvalue weighted by Gasteiger charge is 2.08. The lowest BCUT2D eigenvalue weighted by molar-refractivity contribution is 1.07. The summed E-state index contributed by atoms with van der Waals surface area (Å²) < 4.78 is 0. The Bertz CT molecular complexity index is 571. The number of rotatable bonds is 4. The zero-order valence-corrected chi connectivity index (χ0v) is 11.8. The fourth-order valence-corrected chi connectivity index (χ4v) is 1.96. The number of nitrogens with two attached hydrogens (primary N) is 1. The summed E-state index contributed by atoms with van der Waals surface area (Å²) in [6, 6.07) is 5.52. The molecule has 19 heavy (non-hydrogen) atoms. The van der Waals surface area contributed by atoms with Gasteiger partial charge in [0.2, 0.25) is 0 Å². The molecule has 5 nitrogen and oxygen atoms in total. The molecule has 2 rings (SSSR count). The van der Waals surface area contributed by atoms with Gasteiger partial charge in [-0.3, -0.25) is 4.98 Å². The monoisotopic (exact) mass is 297 g/mol. The van der Waals surface area contributed by atoms with Crippen LogP contribution in [0.15, 0.2) is 24.4 Å². The van der Waals surface area contributed by atoms with Crippen molar-refractivity contribution in [1.82, 2.24) is 9.97 Å². The Hall–Kier alpha value is -1.56. The number of anilines is 2. The average Bonchev–Trinajstić information content (AvgIpc) is 2.40.